The van der Waals surface area contributed by atoms with Crippen molar-refractivity contribution in [2.75, 3.05) is 0 Å². The van der Waals surface area contributed by atoms with E-state index in [-0.39, 0.29) is 5.75 Å². The smallest absolute Gasteiger partial charge is 0.134 e. The van der Waals surface area contributed by atoms with Crippen molar-refractivity contribution in [1.82, 2.24) is 0 Å². The van der Waals surface area contributed by atoms with Crippen LogP contribution in [0, 0.1) is 13.8 Å². The molecule has 0 aromatic heterocycles. The van der Waals surface area contributed by atoms with Crippen LogP contribution >= 0.6 is 11.6 Å². The van der Waals surface area contributed by atoms with Gasteiger partial charge in [-0.2, -0.15) is 0 Å². The van der Waals surface area contributed by atoms with Crippen LogP contribution in [0.4, 0.5) is 0 Å². The molecule has 0 saturated heterocycles. The number of hydrogen-bond acceptors (Lipinski definition) is 2. The van der Waals surface area contributed by atoms with Crippen molar-refractivity contribution in [2.45, 2.75) is 33.2 Å². The fraction of sp³-hybridized carbons (Fsp3) is 0.455. The molecular formula is C11H16ClNO. The minimum atomic E-state index is -0.439. The summed E-state index contributed by atoms with van der Waals surface area (Å²) in [6.07, 6.45) is 0. The molecule has 0 aliphatic heterocycles. The molecule has 0 aliphatic carbocycles. The van der Waals surface area contributed by atoms with Gasteiger partial charge in [0.2, 0.25) is 0 Å². The summed E-state index contributed by atoms with van der Waals surface area (Å²) in [5, 5.41) is 9.89. The molecule has 78 valence electrons. The Kier molecular flexibility index (Phi) is 2.79. The number of rotatable bonds is 1. The first-order valence-electron chi connectivity index (χ1n) is 4.53. The van der Waals surface area contributed by atoms with Gasteiger partial charge >= 0.3 is 0 Å². The second-order valence-corrected chi connectivity index (χ2v) is 4.63. The Bertz CT molecular complexity index is 367. The van der Waals surface area contributed by atoms with Crippen molar-refractivity contribution in [3.63, 3.8) is 0 Å². The highest BCUT2D eigenvalue weighted by Crippen LogP contribution is 2.35. The van der Waals surface area contributed by atoms with E-state index in [4.69, 9.17) is 17.3 Å². The lowest BCUT2D eigenvalue weighted by Crippen LogP contribution is -2.30. The van der Waals surface area contributed by atoms with Gasteiger partial charge < -0.3 is 10.8 Å². The summed E-state index contributed by atoms with van der Waals surface area (Å²) >= 11 is 5.96. The Morgan fingerprint density at radius 1 is 1.36 bits per heavy atom. The van der Waals surface area contributed by atoms with Gasteiger partial charge in [-0.25, -0.2) is 0 Å². The second kappa shape index (κ2) is 3.44. The summed E-state index contributed by atoms with van der Waals surface area (Å²) in [5.74, 6) is 0.120. The standard InChI is InChI=1S/C11H16ClNO/c1-6-5-8(14)10(12)7(2)9(6)11(3,4)13/h5,14H,13H2,1-4H3. The zero-order chi connectivity index (χ0) is 11.1. The Balaban J connectivity index is 3.53. The van der Waals surface area contributed by atoms with Crippen molar-refractivity contribution in [3.8, 4) is 5.75 Å². The number of phenols is 1. The average Bonchev–Trinajstić information content (AvgIpc) is 1.97. The molecule has 3 heteroatoms. The van der Waals surface area contributed by atoms with Crippen LogP contribution in [0.2, 0.25) is 5.02 Å². The van der Waals surface area contributed by atoms with Crippen LogP contribution in [-0.4, -0.2) is 5.11 Å². The lowest BCUT2D eigenvalue weighted by atomic mass is 9.87. The fourth-order valence-corrected chi connectivity index (χ4v) is 2.08. The van der Waals surface area contributed by atoms with E-state index in [1.165, 1.54) is 0 Å². The van der Waals surface area contributed by atoms with Gasteiger partial charge in [-0.1, -0.05) is 11.6 Å². The van der Waals surface area contributed by atoms with E-state index in [9.17, 15) is 5.11 Å². The number of aryl methyl sites for hydroxylation is 1. The van der Waals surface area contributed by atoms with Gasteiger partial charge in [0.15, 0.2) is 0 Å². The average molecular weight is 214 g/mol. The summed E-state index contributed by atoms with van der Waals surface area (Å²) in [4.78, 5) is 0. The molecule has 0 bridgehead atoms. The van der Waals surface area contributed by atoms with E-state index >= 15 is 0 Å². The molecule has 1 aromatic carbocycles. The molecule has 0 saturated carbocycles. The molecule has 0 unspecified atom stereocenters. The number of phenolic OH excluding ortho intramolecular Hbond substituents is 1. The van der Waals surface area contributed by atoms with E-state index < -0.39 is 5.54 Å². The van der Waals surface area contributed by atoms with E-state index in [2.05, 4.69) is 0 Å². The number of halogens is 1. The molecule has 0 atom stereocenters. The molecule has 0 aliphatic rings. The number of aromatic hydroxyl groups is 1. The molecule has 0 fully saturated rings. The minimum Gasteiger partial charge on any atom is -0.506 e. The zero-order valence-electron chi connectivity index (χ0n) is 8.98. The molecule has 1 rings (SSSR count). The molecule has 0 heterocycles. The first-order chi connectivity index (χ1) is 6.25. The van der Waals surface area contributed by atoms with Gasteiger partial charge in [-0.3, -0.25) is 0 Å². The monoisotopic (exact) mass is 213 g/mol. The van der Waals surface area contributed by atoms with E-state index in [0.29, 0.717) is 5.02 Å². The van der Waals surface area contributed by atoms with Gasteiger partial charge in [-0.05, 0) is 50.5 Å². The van der Waals surface area contributed by atoms with Gasteiger partial charge in [0, 0.05) is 5.54 Å². The van der Waals surface area contributed by atoms with Crippen LogP contribution in [0.25, 0.3) is 0 Å². The molecule has 0 spiro atoms. The zero-order valence-corrected chi connectivity index (χ0v) is 9.74. The first-order valence-corrected chi connectivity index (χ1v) is 4.91. The third-order valence-electron chi connectivity index (χ3n) is 2.32. The van der Waals surface area contributed by atoms with Crippen molar-refractivity contribution in [1.29, 1.82) is 0 Å². The molecule has 2 nitrogen and oxygen atoms in total. The number of hydrogen-bond donors (Lipinski definition) is 2. The molecule has 14 heavy (non-hydrogen) atoms. The van der Waals surface area contributed by atoms with Gasteiger partial charge in [0.1, 0.15) is 5.75 Å². The summed E-state index contributed by atoms with van der Waals surface area (Å²) in [5.41, 5.74) is 8.43. The maximum absolute atomic E-state index is 9.50. The van der Waals surface area contributed by atoms with Crippen LogP contribution in [0.15, 0.2) is 6.07 Å². The first kappa shape index (κ1) is 11.3. The van der Waals surface area contributed by atoms with Crippen molar-refractivity contribution < 1.29 is 5.11 Å². The summed E-state index contributed by atoms with van der Waals surface area (Å²) in [7, 11) is 0. The van der Waals surface area contributed by atoms with Crippen molar-refractivity contribution >= 4 is 11.6 Å². The Morgan fingerprint density at radius 2 is 1.86 bits per heavy atom. The normalized spacial score (nSPS) is 11.9. The van der Waals surface area contributed by atoms with Gasteiger partial charge in [-0.15, -0.1) is 0 Å². The van der Waals surface area contributed by atoms with Crippen molar-refractivity contribution in [3.05, 3.63) is 27.8 Å². The van der Waals surface area contributed by atoms with E-state index in [1.807, 2.05) is 27.7 Å². The minimum absolute atomic E-state index is 0.120. The van der Waals surface area contributed by atoms with Crippen LogP contribution in [-0.2, 0) is 5.54 Å². The highest BCUT2D eigenvalue weighted by Gasteiger charge is 2.22. The number of benzene rings is 1. The molecule has 1 aromatic rings. The van der Waals surface area contributed by atoms with E-state index in [1.54, 1.807) is 6.07 Å². The quantitative estimate of drug-likeness (QED) is 0.754. The van der Waals surface area contributed by atoms with Crippen LogP contribution in [0.5, 0.6) is 5.75 Å². The van der Waals surface area contributed by atoms with E-state index in [0.717, 1.165) is 16.7 Å². The SMILES string of the molecule is Cc1cc(O)c(Cl)c(C)c1C(C)(C)N. The highest BCUT2D eigenvalue weighted by molar-refractivity contribution is 6.32. The van der Waals surface area contributed by atoms with Gasteiger partial charge in [0.25, 0.3) is 0 Å². The second-order valence-electron chi connectivity index (χ2n) is 4.25. The van der Waals surface area contributed by atoms with Gasteiger partial charge in [0.05, 0.1) is 5.02 Å². The molecule has 3 N–H and O–H groups in total. The lowest BCUT2D eigenvalue weighted by Gasteiger charge is -2.25. The third kappa shape index (κ3) is 1.86. The number of nitrogens with two attached hydrogens (primary N) is 1. The maximum atomic E-state index is 9.50. The highest BCUT2D eigenvalue weighted by atomic mass is 35.5. The summed E-state index contributed by atoms with van der Waals surface area (Å²) in [6.45, 7) is 7.65. The third-order valence-corrected chi connectivity index (χ3v) is 2.80. The predicted molar refractivity (Wildman–Crippen MR) is 59.8 cm³/mol. The van der Waals surface area contributed by atoms with Crippen LogP contribution in [0.3, 0.4) is 0 Å². The topological polar surface area (TPSA) is 46.2 Å². The molecular weight excluding hydrogens is 198 g/mol. The lowest BCUT2D eigenvalue weighted by molar-refractivity contribution is 0.472. The largest absolute Gasteiger partial charge is 0.506 e. The predicted octanol–water partition coefficient (Wildman–Crippen LogP) is 2.86. The molecule has 0 radical (unpaired) electrons. The Labute approximate surface area is 89.7 Å². The van der Waals surface area contributed by atoms with Crippen LogP contribution in [0.1, 0.15) is 30.5 Å². The Morgan fingerprint density at radius 3 is 2.29 bits per heavy atom. The Hall–Kier alpha value is -0.730. The molecule has 0 amide bonds. The van der Waals surface area contributed by atoms with Crippen LogP contribution < -0.4 is 5.73 Å². The van der Waals surface area contributed by atoms with Crippen molar-refractivity contribution in [2.24, 2.45) is 5.73 Å². The fourth-order valence-electron chi connectivity index (χ4n) is 1.93. The maximum Gasteiger partial charge on any atom is 0.134 e. The summed E-state index contributed by atoms with van der Waals surface area (Å²) < 4.78 is 0. The summed E-state index contributed by atoms with van der Waals surface area (Å²) in [6, 6.07) is 1.65.